The van der Waals surface area contributed by atoms with Crippen LogP contribution in [0.2, 0.25) is 0 Å². The molecular formula is C18H24N4O2. The van der Waals surface area contributed by atoms with E-state index in [1.54, 1.807) is 7.05 Å². The maximum atomic E-state index is 12.5. The van der Waals surface area contributed by atoms with Gasteiger partial charge in [-0.3, -0.25) is 13.9 Å². The maximum absolute atomic E-state index is 12.5. The fraction of sp³-hybridized carbons (Fsp3) is 0.722. The first-order valence-electron chi connectivity index (χ1n) is 9.09. The van der Waals surface area contributed by atoms with Gasteiger partial charge in [-0.1, -0.05) is 0 Å². The van der Waals surface area contributed by atoms with E-state index in [-0.39, 0.29) is 11.2 Å². The van der Waals surface area contributed by atoms with Crippen molar-refractivity contribution in [3.63, 3.8) is 0 Å². The second kappa shape index (κ2) is 4.61. The monoisotopic (exact) mass is 328 g/mol. The molecule has 0 N–H and O–H groups in total. The fourth-order valence-corrected chi connectivity index (χ4v) is 6.13. The Morgan fingerprint density at radius 1 is 0.875 bits per heavy atom. The van der Waals surface area contributed by atoms with Crippen LogP contribution < -0.4 is 11.2 Å². The van der Waals surface area contributed by atoms with E-state index in [1.165, 1.54) is 48.3 Å². The van der Waals surface area contributed by atoms with Gasteiger partial charge in [0.25, 0.3) is 5.56 Å². The number of aryl methyl sites for hydroxylation is 2. The Bertz CT molecular complexity index is 948. The van der Waals surface area contributed by atoms with Crippen LogP contribution in [0.3, 0.4) is 0 Å². The third kappa shape index (κ3) is 1.64. The first-order valence-corrected chi connectivity index (χ1v) is 9.09. The number of aromatic nitrogens is 4. The van der Waals surface area contributed by atoms with Crippen LogP contribution in [0.4, 0.5) is 0 Å². The molecule has 24 heavy (non-hydrogen) atoms. The van der Waals surface area contributed by atoms with Gasteiger partial charge >= 0.3 is 5.69 Å². The van der Waals surface area contributed by atoms with E-state index < -0.39 is 0 Å². The number of fused-ring (bicyclic) bond motifs is 6. The van der Waals surface area contributed by atoms with Crippen molar-refractivity contribution in [2.45, 2.75) is 38.0 Å². The molecular weight excluding hydrogens is 304 g/mol. The minimum absolute atomic E-state index is 0.243. The second-order valence-electron chi connectivity index (χ2n) is 8.24. The van der Waals surface area contributed by atoms with Crippen molar-refractivity contribution in [1.82, 2.24) is 18.7 Å². The highest BCUT2D eigenvalue weighted by atomic mass is 16.2. The Balaban J connectivity index is 1.63. The van der Waals surface area contributed by atoms with Gasteiger partial charge in [-0.15, -0.1) is 0 Å². The molecule has 0 radical (unpaired) electrons. The van der Waals surface area contributed by atoms with Crippen molar-refractivity contribution in [3.05, 3.63) is 26.7 Å². The van der Waals surface area contributed by atoms with E-state index in [0.717, 1.165) is 29.5 Å². The smallest absolute Gasteiger partial charge is 0.325 e. The summed E-state index contributed by atoms with van der Waals surface area (Å²) in [5, 5.41) is 0. The van der Waals surface area contributed by atoms with Crippen molar-refractivity contribution >= 4 is 11.2 Å². The zero-order chi connectivity index (χ0) is 16.7. The van der Waals surface area contributed by atoms with Gasteiger partial charge in [0.15, 0.2) is 11.2 Å². The normalized spacial score (nSPS) is 34.4. The van der Waals surface area contributed by atoms with Crippen LogP contribution in [-0.2, 0) is 21.1 Å². The van der Waals surface area contributed by atoms with Crippen LogP contribution in [0, 0.1) is 23.7 Å². The molecule has 128 valence electrons. The van der Waals surface area contributed by atoms with Crippen molar-refractivity contribution < 1.29 is 0 Å². The summed E-state index contributed by atoms with van der Waals surface area (Å²) in [6, 6.07) is 0. The summed E-state index contributed by atoms with van der Waals surface area (Å²) in [7, 11) is 5.16. The predicted octanol–water partition coefficient (Wildman–Crippen LogP) is 1.51. The molecule has 0 saturated heterocycles. The summed E-state index contributed by atoms with van der Waals surface area (Å²) in [6.45, 7) is 0. The Morgan fingerprint density at radius 2 is 1.50 bits per heavy atom. The maximum Gasteiger partial charge on any atom is 0.332 e. The molecule has 0 amide bonds. The lowest BCUT2D eigenvalue weighted by Gasteiger charge is -2.23. The molecule has 6 nitrogen and oxygen atoms in total. The Kier molecular flexibility index (Phi) is 2.78. The fourth-order valence-electron chi connectivity index (χ4n) is 6.13. The van der Waals surface area contributed by atoms with Gasteiger partial charge in [0.05, 0.1) is 0 Å². The van der Waals surface area contributed by atoms with E-state index >= 15 is 0 Å². The standard InChI is InChI=1S/C18H24N4O2/c1-20-14-16(21(2)18(24)22(3)17(14)23)19-15(20)11-7-12-9-4-5-10(6-9)13(12)8-11/h9-13H,4-8H2,1-3H3/t9-,10+,11?,12-,13-/m0/s1. The first kappa shape index (κ1) is 14.5. The largest absolute Gasteiger partial charge is 0.332 e. The molecule has 3 saturated carbocycles. The highest BCUT2D eigenvalue weighted by Crippen LogP contribution is 2.61. The highest BCUT2D eigenvalue weighted by Gasteiger charge is 2.52. The van der Waals surface area contributed by atoms with Gasteiger partial charge in [-0.25, -0.2) is 9.78 Å². The minimum atomic E-state index is -0.307. The quantitative estimate of drug-likeness (QED) is 0.797. The number of rotatable bonds is 1. The SMILES string of the molecule is Cn1c(=O)c2c(nc(C3C[C@H]4[C@@H]5CC[C@@H](C5)[C@@H]4C3)n2C)n(C)c1=O. The van der Waals surface area contributed by atoms with Crippen molar-refractivity contribution in [1.29, 1.82) is 0 Å². The lowest BCUT2D eigenvalue weighted by atomic mass is 9.82. The zero-order valence-corrected chi connectivity index (χ0v) is 14.5. The molecule has 2 aromatic heterocycles. The molecule has 3 aliphatic carbocycles. The zero-order valence-electron chi connectivity index (χ0n) is 14.5. The third-order valence-electron chi connectivity index (χ3n) is 7.26. The Hall–Kier alpha value is -1.85. The lowest BCUT2D eigenvalue weighted by molar-refractivity contribution is 0.259. The number of imidazole rings is 1. The average molecular weight is 328 g/mol. The van der Waals surface area contributed by atoms with Gasteiger partial charge in [-0.05, 0) is 55.8 Å². The van der Waals surface area contributed by atoms with Gasteiger partial charge in [-0.2, -0.15) is 0 Å². The van der Waals surface area contributed by atoms with Crippen molar-refractivity contribution in [2.75, 3.05) is 0 Å². The summed E-state index contributed by atoms with van der Waals surface area (Å²) < 4.78 is 4.63. The predicted molar refractivity (Wildman–Crippen MR) is 91.0 cm³/mol. The molecule has 0 aromatic carbocycles. The molecule has 3 aliphatic rings. The summed E-state index contributed by atoms with van der Waals surface area (Å²) in [5.74, 6) is 5.01. The van der Waals surface area contributed by atoms with Crippen LogP contribution in [0.5, 0.6) is 0 Å². The van der Waals surface area contributed by atoms with E-state index in [9.17, 15) is 9.59 Å². The minimum Gasteiger partial charge on any atom is -0.325 e. The summed E-state index contributed by atoms with van der Waals surface area (Å²) >= 11 is 0. The Morgan fingerprint density at radius 3 is 2.12 bits per heavy atom. The topological polar surface area (TPSA) is 61.8 Å². The molecule has 1 unspecified atom stereocenters. The third-order valence-corrected chi connectivity index (χ3v) is 7.26. The number of hydrogen-bond acceptors (Lipinski definition) is 3. The van der Waals surface area contributed by atoms with Gasteiger partial charge < -0.3 is 4.57 Å². The van der Waals surface area contributed by atoms with Crippen LogP contribution >= 0.6 is 0 Å². The summed E-state index contributed by atoms with van der Waals surface area (Å²) in [5.41, 5.74) is 0.529. The number of hydrogen-bond donors (Lipinski definition) is 0. The van der Waals surface area contributed by atoms with E-state index in [4.69, 9.17) is 4.98 Å². The molecule has 0 spiro atoms. The number of nitrogens with zero attached hydrogens (tertiary/aromatic N) is 4. The van der Waals surface area contributed by atoms with Crippen molar-refractivity contribution in [2.24, 2.45) is 44.8 Å². The van der Waals surface area contributed by atoms with Crippen LogP contribution in [0.1, 0.15) is 43.8 Å². The molecule has 2 heterocycles. The van der Waals surface area contributed by atoms with Crippen LogP contribution in [-0.4, -0.2) is 18.7 Å². The second-order valence-corrected chi connectivity index (χ2v) is 8.24. The highest BCUT2D eigenvalue weighted by molar-refractivity contribution is 5.71. The molecule has 6 heteroatoms. The van der Waals surface area contributed by atoms with E-state index in [1.807, 2.05) is 11.6 Å². The van der Waals surface area contributed by atoms with Crippen LogP contribution in [0.15, 0.2) is 9.59 Å². The van der Waals surface area contributed by atoms with Crippen molar-refractivity contribution in [3.8, 4) is 0 Å². The first-order chi connectivity index (χ1) is 11.5. The Labute approximate surface area is 140 Å². The molecule has 2 aromatic rings. The van der Waals surface area contributed by atoms with Crippen LogP contribution in [0.25, 0.3) is 11.2 Å². The van der Waals surface area contributed by atoms with E-state index in [2.05, 4.69) is 0 Å². The van der Waals surface area contributed by atoms with Gasteiger partial charge in [0.1, 0.15) is 5.82 Å². The summed E-state index contributed by atoms with van der Waals surface area (Å²) in [4.78, 5) is 29.5. The molecule has 3 fully saturated rings. The lowest BCUT2D eigenvalue weighted by Crippen LogP contribution is -2.37. The summed E-state index contributed by atoms with van der Waals surface area (Å²) in [6.07, 6.45) is 6.68. The van der Waals surface area contributed by atoms with Gasteiger partial charge in [0.2, 0.25) is 0 Å². The average Bonchev–Trinajstić information content (AvgIpc) is 3.30. The van der Waals surface area contributed by atoms with E-state index in [0.29, 0.717) is 17.1 Å². The molecule has 2 bridgehead atoms. The van der Waals surface area contributed by atoms with Gasteiger partial charge in [0, 0.05) is 27.1 Å². The molecule has 0 aliphatic heterocycles. The molecule has 5 rings (SSSR count). The molecule has 5 atom stereocenters.